The van der Waals surface area contributed by atoms with Gasteiger partial charge in [0.25, 0.3) is 0 Å². The molecule has 0 aliphatic carbocycles. The topological polar surface area (TPSA) is 56.1 Å². The molecule has 2 aliphatic rings. The molecule has 0 amide bonds. The Morgan fingerprint density at radius 1 is 0.479 bits per heavy atom. The summed E-state index contributed by atoms with van der Waals surface area (Å²) in [5.74, 6) is 1.57. The molecule has 0 bridgehead atoms. The lowest BCUT2D eigenvalue weighted by Crippen LogP contribution is -2.42. The number of ether oxygens (including phenoxy) is 2. The van der Waals surface area contributed by atoms with Crippen LogP contribution in [0.1, 0.15) is 74.2 Å². The summed E-state index contributed by atoms with van der Waals surface area (Å²) in [5, 5.41) is 0. The zero-order valence-electron chi connectivity index (χ0n) is 28.2. The van der Waals surface area contributed by atoms with Crippen LogP contribution in [0.2, 0.25) is 0 Å². The summed E-state index contributed by atoms with van der Waals surface area (Å²) < 4.78 is 14.2. The number of nitrogens with zero attached hydrogens (tertiary/aromatic N) is 3. The van der Waals surface area contributed by atoms with E-state index in [0.717, 1.165) is 35.1 Å². The van der Waals surface area contributed by atoms with Gasteiger partial charge < -0.3 is 9.47 Å². The summed E-state index contributed by atoms with van der Waals surface area (Å²) in [6.45, 7) is 8.95. The second-order valence-electron chi connectivity index (χ2n) is 13.1. The first kappa shape index (κ1) is 31.6. The maximum atomic E-state index is 7.12. The summed E-state index contributed by atoms with van der Waals surface area (Å²) in [5.41, 5.74) is 4.06. The van der Waals surface area contributed by atoms with Gasteiger partial charge in [-0.2, -0.15) is 0 Å². The normalized spacial score (nSPS) is 20.6. The molecule has 4 atom stereocenters. The van der Waals surface area contributed by atoms with E-state index >= 15 is 0 Å². The van der Waals surface area contributed by atoms with Crippen LogP contribution in [0.4, 0.5) is 0 Å². The largest absolute Gasteiger partial charge is 0.458 e. The summed E-state index contributed by atoms with van der Waals surface area (Å²) >= 11 is 0. The number of rotatable bonds is 10. The summed E-state index contributed by atoms with van der Waals surface area (Å²) in [7, 11) is 0. The van der Waals surface area contributed by atoms with Gasteiger partial charge in [0.1, 0.15) is 23.5 Å². The fourth-order valence-corrected chi connectivity index (χ4v) is 7.32. The van der Waals surface area contributed by atoms with E-state index in [0.29, 0.717) is 23.2 Å². The third-order valence-electron chi connectivity index (χ3n) is 10.2. The van der Waals surface area contributed by atoms with Crippen LogP contribution in [0.5, 0.6) is 0 Å². The molecule has 0 N–H and O–H groups in total. The lowest BCUT2D eigenvalue weighted by Gasteiger charge is -2.37. The molecule has 0 fully saturated rings. The fourth-order valence-electron chi connectivity index (χ4n) is 7.32. The number of aromatic nitrogens is 1. The number of benzene rings is 4. The van der Waals surface area contributed by atoms with E-state index in [1.165, 1.54) is 0 Å². The average molecular weight is 634 g/mol. The first-order chi connectivity index (χ1) is 23.5. The maximum Gasteiger partial charge on any atom is 0.237 e. The number of pyridine rings is 1. The van der Waals surface area contributed by atoms with Crippen LogP contribution in [0.15, 0.2) is 150 Å². The van der Waals surface area contributed by atoms with Gasteiger partial charge in [-0.05, 0) is 24.0 Å². The second-order valence-corrected chi connectivity index (χ2v) is 13.1. The van der Waals surface area contributed by atoms with Crippen molar-refractivity contribution in [3.05, 3.63) is 173 Å². The monoisotopic (exact) mass is 633 g/mol. The van der Waals surface area contributed by atoms with Crippen LogP contribution >= 0.6 is 0 Å². The average Bonchev–Trinajstić information content (AvgIpc) is 3.78. The van der Waals surface area contributed by atoms with Gasteiger partial charge in [-0.3, -0.25) is 0 Å². The molecule has 5 heteroatoms. The fraction of sp³-hybridized carbons (Fsp3) is 0.279. The quantitative estimate of drug-likeness (QED) is 0.154. The van der Waals surface area contributed by atoms with Crippen molar-refractivity contribution in [2.75, 3.05) is 0 Å². The molecule has 2 aliphatic heterocycles. The minimum Gasteiger partial charge on any atom is -0.458 e. The lowest BCUT2D eigenvalue weighted by molar-refractivity contribution is 0.0768. The van der Waals surface area contributed by atoms with Crippen molar-refractivity contribution >= 4 is 11.8 Å². The van der Waals surface area contributed by atoms with E-state index in [9.17, 15) is 0 Å². The van der Waals surface area contributed by atoms with Crippen LogP contribution < -0.4 is 0 Å². The number of hydrogen-bond acceptors (Lipinski definition) is 5. The van der Waals surface area contributed by atoms with Crippen molar-refractivity contribution in [1.29, 1.82) is 0 Å². The Hall–Kier alpha value is -5.03. The molecule has 1 aromatic heterocycles. The first-order valence-electron chi connectivity index (χ1n) is 17.2. The molecule has 0 spiro atoms. The Balaban J connectivity index is 1.32. The van der Waals surface area contributed by atoms with Crippen LogP contribution in [0.3, 0.4) is 0 Å². The zero-order chi connectivity index (χ0) is 33.1. The minimum atomic E-state index is -0.788. The van der Waals surface area contributed by atoms with Crippen molar-refractivity contribution in [3.63, 3.8) is 0 Å². The van der Waals surface area contributed by atoms with Crippen LogP contribution in [0.25, 0.3) is 0 Å². The van der Waals surface area contributed by atoms with Gasteiger partial charge in [0.2, 0.25) is 11.8 Å². The van der Waals surface area contributed by atoms with Gasteiger partial charge in [-0.25, -0.2) is 15.0 Å². The molecule has 7 rings (SSSR count). The van der Waals surface area contributed by atoms with Gasteiger partial charge in [0.05, 0.1) is 0 Å². The summed E-state index contributed by atoms with van der Waals surface area (Å²) in [6.07, 6.45) is 1.92. The van der Waals surface area contributed by atoms with E-state index in [4.69, 9.17) is 24.4 Å². The minimum absolute atomic E-state index is 0.147. The van der Waals surface area contributed by atoms with Crippen LogP contribution in [-0.2, 0) is 20.7 Å². The SMILES string of the molecule is CCC(C)[C@@H]1N=C(c2cccc(C3=N[C@@H](C(C)CC)C(c4ccccc4)(c4ccccc4)O3)n2)OC1(c1ccccc1)c1ccccc1. The van der Waals surface area contributed by atoms with E-state index in [1.54, 1.807) is 0 Å². The molecular weight excluding hydrogens is 590 g/mol. The molecule has 242 valence electrons. The molecule has 4 aromatic carbocycles. The van der Waals surface area contributed by atoms with Crippen molar-refractivity contribution in [2.45, 2.75) is 63.8 Å². The van der Waals surface area contributed by atoms with Crippen molar-refractivity contribution in [1.82, 2.24) is 4.98 Å². The van der Waals surface area contributed by atoms with Crippen molar-refractivity contribution in [2.24, 2.45) is 21.8 Å². The van der Waals surface area contributed by atoms with Crippen LogP contribution in [0, 0.1) is 11.8 Å². The molecular formula is C43H43N3O2. The van der Waals surface area contributed by atoms with E-state index in [1.807, 2.05) is 42.5 Å². The van der Waals surface area contributed by atoms with E-state index in [-0.39, 0.29) is 23.9 Å². The molecule has 0 saturated heterocycles. The summed E-state index contributed by atoms with van der Waals surface area (Å²) in [4.78, 5) is 15.8. The molecule has 0 radical (unpaired) electrons. The highest BCUT2D eigenvalue weighted by Gasteiger charge is 2.53. The predicted octanol–water partition coefficient (Wildman–Crippen LogP) is 9.35. The van der Waals surface area contributed by atoms with Gasteiger partial charge in [0, 0.05) is 22.3 Å². The molecule has 3 heterocycles. The van der Waals surface area contributed by atoms with Gasteiger partial charge in [-0.15, -0.1) is 0 Å². The Morgan fingerprint density at radius 3 is 1.08 bits per heavy atom. The Kier molecular flexibility index (Phi) is 8.70. The third kappa shape index (κ3) is 5.32. The highest BCUT2D eigenvalue weighted by molar-refractivity contribution is 5.98. The zero-order valence-corrected chi connectivity index (χ0v) is 28.2. The number of aliphatic imine (C=N–C) groups is 2. The first-order valence-corrected chi connectivity index (χ1v) is 17.2. The standard InChI is InChI=1S/C43H43N3O2/c1-5-30(3)38-42(32-20-11-7-12-21-32,33-22-13-8-14-23-33)47-40(45-38)36-28-19-29-37(44-36)41-46-39(31(4)6-2)43(48-41,34-24-15-9-16-25-34)35-26-17-10-18-27-35/h7-31,38-39H,5-6H2,1-4H3/t30?,31?,38-,39-/m0/s1. The van der Waals surface area contributed by atoms with E-state index in [2.05, 4.69) is 125 Å². The summed E-state index contributed by atoms with van der Waals surface area (Å²) in [6, 6.07) is 47.6. The highest BCUT2D eigenvalue weighted by Crippen LogP contribution is 2.48. The second kappa shape index (κ2) is 13.2. The molecule has 5 nitrogen and oxygen atoms in total. The van der Waals surface area contributed by atoms with Gasteiger partial charge in [0.15, 0.2) is 11.2 Å². The molecule has 0 saturated carbocycles. The lowest BCUT2D eigenvalue weighted by atomic mass is 9.75. The predicted molar refractivity (Wildman–Crippen MR) is 193 cm³/mol. The number of hydrogen-bond donors (Lipinski definition) is 0. The Labute approximate surface area is 284 Å². The third-order valence-corrected chi connectivity index (χ3v) is 10.2. The molecule has 48 heavy (non-hydrogen) atoms. The van der Waals surface area contributed by atoms with E-state index < -0.39 is 11.2 Å². The Bertz CT molecular complexity index is 1680. The van der Waals surface area contributed by atoms with Crippen LogP contribution in [-0.4, -0.2) is 28.9 Å². The van der Waals surface area contributed by atoms with Gasteiger partial charge >= 0.3 is 0 Å². The van der Waals surface area contributed by atoms with Crippen molar-refractivity contribution < 1.29 is 9.47 Å². The Morgan fingerprint density at radius 2 is 0.792 bits per heavy atom. The van der Waals surface area contributed by atoms with Gasteiger partial charge in [-0.1, -0.05) is 168 Å². The van der Waals surface area contributed by atoms with Crippen molar-refractivity contribution in [3.8, 4) is 0 Å². The molecule has 2 unspecified atom stereocenters. The highest BCUT2D eigenvalue weighted by atomic mass is 16.5. The maximum absolute atomic E-state index is 7.12. The smallest absolute Gasteiger partial charge is 0.237 e. The molecule has 5 aromatic rings.